The van der Waals surface area contributed by atoms with E-state index in [1.807, 2.05) is 0 Å². The van der Waals surface area contributed by atoms with Gasteiger partial charge in [0, 0.05) is 0 Å². The van der Waals surface area contributed by atoms with Crippen LogP contribution < -0.4 is 0 Å². The van der Waals surface area contributed by atoms with Gasteiger partial charge in [-0.3, -0.25) is 4.55 Å². The van der Waals surface area contributed by atoms with Crippen LogP contribution in [-0.2, 0) is 20.0 Å². The maximum Gasteiger partial charge on any atom is 0.439 e. The summed E-state index contributed by atoms with van der Waals surface area (Å²) in [4.78, 5) is 0. The van der Waals surface area contributed by atoms with Gasteiger partial charge < -0.3 is 0 Å². The molecule has 0 spiro atoms. The molecule has 0 heterocycles. The van der Waals surface area contributed by atoms with Crippen LogP contribution in [0.2, 0.25) is 0 Å². The molecule has 26 heavy (non-hydrogen) atoms. The molecular formula is C13H16F6O5S2. The number of hydrogen-bond donors (Lipinski definition) is 1. The van der Waals surface area contributed by atoms with Crippen LogP contribution in [0.5, 0.6) is 0 Å². The van der Waals surface area contributed by atoms with Crippen molar-refractivity contribution in [3.63, 3.8) is 0 Å². The van der Waals surface area contributed by atoms with Crippen LogP contribution in [0.4, 0.5) is 26.3 Å². The summed E-state index contributed by atoms with van der Waals surface area (Å²) >= 11 is 0. The lowest BCUT2D eigenvalue weighted by Gasteiger charge is -2.56. The first-order valence-corrected chi connectivity index (χ1v) is 10.8. The number of sulfone groups is 1. The van der Waals surface area contributed by atoms with Crippen molar-refractivity contribution in [1.29, 1.82) is 0 Å². The lowest BCUT2D eigenvalue weighted by molar-refractivity contribution is -0.246. The minimum Gasteiger partial charge on any atom is -0.281 e. The van der Waals surface area contributed by atoms with Crippen LogP contribution in [0.1, 0.15) is 38.5 Å². The van der Waals surface area contributed by atoms with Crippen LogP contribution in [0, 0.1) is 17.8 Å². The standard InChI is InChI=1S/C13H16F6O5S2/c14-11(15,13(18,19)26(22,23)24)12(16,17)25(20,21)10-4-7-1-8(5-10)3-9(2-7)6-10/h7-9H,1-6H2,(H,22,23,24). The Labute approximate surface area is 145 Å². The van der Waals surface area contributed by atoms with Crippen molar-refractivity contribution in [3.8, 4) is 0 Å². The monoisotopic (exact) mass is 430 g/mol. The van der Waals surface area contributed by atoms with Gasteiger partial charge in [0.2, 0.25) is 9.84 Å². The molecule has 0 saturated heterocycles. The molecule has 0 aromatic carbocycles. The highest BCUT2D eigenvalue weighted by Crippen LogP contribution is 2.63. The molecule has 4 rings (SSSR count). The van der Waals surface area contributed by atoms with E-state index in [0.29, 0.717) is 19.3 Å². The van der Waals surface area contributed by atoms with Gasteiger partial charge in [0.15, 0.2) is 0 Å². The molecule has 4 aliphatic rings. The Balaban J connectivity index is 2.09. The van der Waals surface area contributed by atoms with Crippen molar-refractivity contribution in [2.75, 3.05) is 0 Å². The zero-order valence-corrected chi connectivity index (χ0v) is 14.8. The van der Waals surface area contributed by atoms with E-state index >= 15 is 0 Å². The first-order chi connectivity index (χ1) is 11.5. The van der Waals surface area contributed by atoms with E-state index in [1.165, 1.54) is 0 Å². The molecule has 0 amide bonds. The normalized spacial score (nSPS) is 35.7. The molecule has 1 N–H and O–H groups in total. The highest BCUT2D eigenvalue weighted by molar-refractivity contribution is 7.94. The third kappa shape index (κ3) is 2.31. The summed E-state index contributed by atoms with van der Waals surface area (Å²) in [6.45, 7) is 0. The Morgan fingerprint density at radius 2 is 1.08 bits per heavy atom. The van der Waals surface area contributed by atoms with Gasteiger partial charge in [-0.2, -0.15) is 34.8 Å². The van der Waals surface area contributed by atoms with Crippen molar-refractivity contribution in [1.82, 2.24) is 0 Å². The fraction of sp³-hybridized carbons (Fsp3) is 1.00. The summed E-state index contributed by atoms with van der Waals surface area (Å²) in [7, 11) is -13.2. The molecule has 0 aliphatic heterocycles. The molecule has 0 unspecified atom stereocenters. The topological polar surface area (TPSA) is 88.5 Å². The van der Waals surface area contributed by atoms with Gasteiger partial charge in [0.25, 0.3) is 0 Å². The second kappa shape index (κ2) is 5.28. The summed E-state index contributed by atoms with van der Waals surface area (Å²) < 4.78 is 135. The van der Waals surface area contributed by atoms with Gasteiger partial charge in [0.1, 0.15) is 0 Å². The van der Waals surface area contributed by atoms with E-state index in [4.69, 9.17) is 4.55 Å². The average Bonchev–Trinajstić information content (AvgIpc) is 2.43. The Hall–Kier alpha value is -0.560. The van der Waals surface area contributed by atoms with E-state index in [1.54, 1.807) is 0 Å². The minimum absolute atomic E-state index is 0.275. The van der Waals surface area contributed by atoms with Crippen LogP contribution in [-0.4, -0.2) is 42.6 Å². The van der Waals surface area contributed by atoms with E-state index in [-0.39, 0.29) is 37.0 Å². The Kier molecular flexibility index (Phi) is 4.10. The summed E-state index contributed by atoms with van der Waals surface area (Å²) in [6, 6.07) is 0. The van der Waals surface area contributed by atoms with Gasteiger partial charge >= 0.3 is 26.5 Å². The van der Waals surface area contributed by atoms with E-state index in [2.05, 4.69) is 0 Å². The van der Waals surface area contributed by atoms with Gasteiger partial charge in [-0.1, -0.05) is 0 Å². The van der Waals surface area contributed by atoms with Crippen LogP contribution in [0.3, 0.4) is 0 Å². The maximum atomic E-state index is 14.3. The summed E-state index contributed by atoms with van der Waals surface area (Å²) in [5, 5.41) is -13.0. The van der Waals surface area contributed by atoms with Crippen molar-refractivity contribution < 1.29 is 47.7 Å². The summed E-state index contributed by atoms with van der Waals surface area (Å²) in [6.07, 6.45) is 0.674. The molecule has 0 radical (unpaired) electrons. The first kappa shape index (κ1) is 20.2. The van der Waals surface area contributed by atoms with E-state index < -0.39 is 41.1 Å². The number of alkyl halides is 6. The molecule has 4 aliphatic carbocycles. The third-order valence-corrected chi connectivity index (χ3v) is 9.42. The third-order valence-electron chi connectivity index (χ3n) is 5.94. The second-order valence-electron chi connectivity index (χ2n) is 7.69. The molecule has 5 nitrogen and oxygen atoms in total. The Morgan fingerprint density at radius 3 is 1.38 bits per heavy atom. The predicted molar refractivity (Wildman–Crippen MR) is 76.2 cm³/mol. The zero-order chi connectivity index (χ0) is 20.0. The minimum atomic E-state index is -6.99. The Morgan fingerprint density at radius 1 is 0.731 bits per heavy atom. The SMILES string of the molecule is O=S(=O)(O)C(F)(F)C(F)(F)C(F)(F)S(=O)(=O)C12CC3CC(CC(C3)C1)C2. The second-order valence-corrected chi connectivity index (χ2v) is 11.5. The van der Waals surface area contributed by atoms with E-state index in [9.17, 15) is 43.2 Å². The van der Waals surface area contributed by atoms with Crippen LogP contribution >= 0.6 is 0 Å². The van der Waals surface area contributed by atoms with E-state index in [0.717, 1.165) is 0 Å². The fourth-order valence-corrected chi connectivity index (χ4v) is 8.02. The fourth-order valence-electron chi connectivity index (χ4n) is 5.13. The number of hydrogen-bond acceptors (Lipinski definition) is 4. The maximum absolute atomic E-state index is 14.3. The van der Waals surface area contributed by atoms with Gasteiger partial charge in [-0.15, -0.1) is 0 Å². The first-order valence-electron chi connectivity index (χ1n) is 7.83. The summed E-state index contributed by atoms with van der Waals surface area (Å²) in [5.41, 5.74) is 0. The molecule has 4 bridgehead atoms. The average molecular weight is 430 g/mol. The molecule has 0 aromatic heterocycles. The smallest absolute Gasteiger partial charge is 0.281 e. The molecule has 13 heteroatoms. The summed E-state index contributed by atoms with van der Waals surface area (Å²) in [5.74, 6) is -7.66. The lowest BCUT2D eigenvalue weighted by Crippen LogP contribution is -2.66. The molecular weight excluding hydrogens is 414 g/mol. The number of halogens is 6. The lowest BCUT2D eigenvalue weighted by atomic mass is 9.56. The Bertz CT molecular complexity index is 785. The highest BCUT2D eigenvalue weighted by Gasteiger charge is 2.84. The quantitative estimate of drug-likeness (QED) is 0.535. The van der Waals surface area contributed by atoms with Crippen LogP contribution in [0.25, 0.3) is 0 Å². The predicted octanol–water partition coefficient (Wildman–Crippen LogP) is 3.08. The van der Waals surface area contributed by atoms with Crippen LogP contribution in [0.15, 0.2) is 0 Å². The van der Waals surface area contributed by atoms with Gasteiger partial charge in [-0.05, 0) is 56.3 Å². The zero-order valence-electron chi connectivity index (χ0n) is 13.1. The van der Waals surface area contributed by atoms with Gasteiger partial charge in [0.05, 0.1) is 4.75 Å². The highest BCUT2D eigenvalue weighted by atomic mass is 32.2. The number of rotatable bonds is 5. The molecule has 4 fully saturated rings. The molecule has 0 aromatic rings. The molecule has 152 valence electrons. The van der Waals surface area contributed by atoms with Crippen molar-refractivity contribution in [2.24, 2.45) is 17.8 Å². The van der Waals surface area contributed by atoms with Crippen molar-refractivity contribution >= 4 is 20.0 Å². The van der Waals surface area contributed by atoms with Crippen molar-refractivity contribution in [3.05, 3.63) is 0 Å². The van der Waals surface area contributed by atoms with Crippen molar-refractivity contribution in [2.45, 2.75) is 59.7 Å². The van der Waals surface area contributed by atoms with Gasteiger partial charge in [-0.25, -0.2) is 8.42 Å². The molecule has 4 saturated carbocycles. The molecule has 0 atom stereocenters. The largest absolute Gasteiger partial charge is 0.439 e.